The first-order chi connectivity index (χ1) is 9.90. The molecule has 0 heterocycles. The lowest BCUT2D eigenvalue weighted by molar-refractivity contribution is -0.387. The summed E-state index contributed by atoms with van der Waals surface area (Å²) in [6.07, 6.45) is 0. The molecule has 8 heteroatoms. The lowest BCUT2D eigenvalue weighted by Gasteiger charge is -2.10. The van der Waals surface area contributed by atoms with Crippen molar-refractivity contribution in [3.8, 4) is 17.2 Å². The maximum absolute atomic E-state index is 13.4. The van der Waals surface area contributed by atoms with Crippen molar-refractivity contribution in [3.05, 3.63) is 51.8 Å². The molecule has 0 spiro atoms. The lowest BCUT2D eigenvalue weighted by Crippen LogP contribution is -2.01. The normalized spacial score (nSPS) is 10.3. The van der Waals surface area contributed by atoms with E-state index in [1.54, 1.807) is 0 Å². The first-order valence-electron chi connectivity index (χ1n) is 5.80. The van der Waals surface area contributed by atoms with Gasteiger partial charge in [0.1, 0.15) is 0 Å². The molecule has 110 valence electrons. The number of hydrogen-bond acceptors (Lipinski definition) is 6. The molecule has 0 unspecified atom stereocenters. The summed E-state index contributed by atoms with van der Waals surface area (Å²) in [4.78, 5) is 9.66. The fraction of sp³-hybridized carbons (Fsp3) is 0.0769. The second-order valence-electron chi connectivity index (χ2n) is 4.22. The maximum Gasteiger partial charge on any atom is 0.304 e. The van der Waals surface area contributed by atoms with Crippen LogP contribution >= 0.6 is 0 Å². The van der Waals surface area contributed by atoms with Crippen molar-refractivity contribution in [2.45, 2.75) is 6.54 Å². The number of phenolic OH excluding ortho intramolecular Hbond substituents is 3. The average Bonchev–Trinajstić information content (AvgIpc) is 2.44. The third-order valence-corrected chi connectivity index (χ3v) is 2.84. The minimum absolute atomic E-state index is 0.0247. The Labute approximate surface area is 118 Å². The Morgan fingerprint density at radius 1 is 1.14 bits per heavy atom. The number of nitrogens with zero attached hydrogens (tertiary/aromatic N) is 1. The van der Waals surface area contributed by atoms with Gasteiger partial charge in [0.05, 0.1) is 4.92 Å². The fourth-order valence-electron chi connectivity index (χ4n) is 1.72. The van der Waals surface area contributed by atoms with E-state index in [-0.39, 0.29) is 17.8 Å². The van der Waals surface area contributed by atoms with E-state index in [0.29, 0.717) is 0 Å². The number of nitro benzene ring substituents is 1. The van der Waals surface area contributed by atoms with Crippen molar-refractivity contribution in [1.82, 2.24) is 0 Å². The second-order valence-corrected chi connectivity index (χ2v) is 4.22. The number of aromatic hydroxyl groups is 3. The van der Waals surface area contributed by atoms with Crippen molar-refractivity contribution in [2.75, 3.05) is 5.32 Å². The Hall–Kier alpha value is -3.03. The van der Waals surface area contributed by atoms with E-state index in [1.807, 2.05) is 0 Å². The van der Waals surface area contributed by atoms with Gasteiger partial charge in [0.2, 0.25) is 11.6 Å². The molecule has 0 radical (unpaired) electrons. The number of rotatable bonds is 4. The van der Waals surface area contributed by atoms with Crippen molar-refractivity contribution >= 4 is 11.4 Å². The van der Waals surface area contributed by atoms with Gasteiger partial charge < -0.3 is 20.6 Å². The Morgan fingerprint density at radius 3 is 2.48 bits per heavy atom. The van der Waals surface area contributed by atoms with Crippen molar-refractivity contribution in [3.63, 3.8) is 0 Å². The van der Waals surface area contributed by atoms with E-state index in [0.717, 1.165) is 12.1 Å². The molecule has 2 aromatic rings. The first kappa shape index (κ1) is 14.4. The van der Waals surface area contributed by atoms with Crippen LogP contribution in [-0.4, -0.2) is 20.2 Å². The molecule has 2 aromatic carbocycles. The molecule has 0 aromatic heterocycles. The number of phenols is 3. The highest BCUT2D eigenvalue weighted by atomic mass is 19.1. The number of anilines is 1. The van der Waals surface area contributed by atoms with Crippen molar-refractivity contribution in [2.24, 2.45) is 0 Å². The third kappa shape index (κ3) is 2.94. The number of halogens is 1. The fourth-order valence-corrected chi connectivity index (χ4v) is 1.72. The molecule has 21 heavy (non-hydrogen) atoms. The van der Waals surface area contributed by atoms with Crippen LogP contribution in [0.2, 0.25) is 0 Å². The molecule has 0 saturated heterocycles. The molecule has 0 saturated carbocycles. The lowest BCUT2D eigenvalue weighted by atomic mass is 10.1. The van der Waals surface area contributed by atoms with Crippen LogP contribution < -0.4 is 5.32 Å². The summed E-state index contributed by atoms with van der Waals surface area (Å²) in [7, 11) is 0. The molecule has 0 aliphatic rings. The minimum Gasteiger partial charge on any atom is -0.504 e. The van der Waals surface area contributed by atoms with Gasteiger partial charge in [-0.3, -0.25) is 10.1 Å². The smallest absolute Gasteiger partial charge is 0.304 e. The molecular formula is C13H11FN2O5. The van der Waals surface area contributed by atoms with Gasteiger partial charge in [-0.25, -0.2) is 0 Å². The SMILES string of the molecule is O=[N+]([O-])c1ccc(NCc2ccc(O)c(O)c2O)cc1F. The third-order valence-electron chi connectivity index (χ3n) is 2.84. The minimum atomic E-state index is -0.984. The molecule has 0 amide bonds. The Balaban J connectivity index is 2.15. The number of nitrogens with one attached hydrogen (secondary N) is 1. The van der Waals surface area contributed by atoms with Gasteiger partial charge in [-0.2, -0.15) is 4.39 Å². The summed E-state index contributed by atoms with van der Waals surface area (Å²) in [5, 5.41) is 41.4. The van der Waals surface area contributed by atoms with Crippen LogP contribution in [0.3, 0.4) is 0 Å². The van der Waals surface area contributed by atoms with Gasteiger partial charge in [0.15, 0.2) is 11.5 Å². The Kier molecular flexibility index (Phi) is 3.79. The summed E-state index contributed by atoms with van der Waals surface area (Å²) in [6.45, 7) is 0.0247. The summed E-state index contributed by atoms with van der Waals surface area (Å²) in [6, 6.07) is 5.86. The Bertz CT molecular complexity index is 705. The zero-order chi connectivity index (χ0) is 15.6. The van der Waals surface area contributed by atoms with Crippen molar-refractivity contribution < 1.29 is 24.6 Å². The van der Waals surface area contributed by atoms with Gasteiger partial charge in [-0.15, -0.1) is 0 Å². The molecule has 0 atom stereocenters. The summed E-state index contributed by atoms with van der Waals surface area (Å²) in [5.74, 6) is -2.59. The highest BCUT2D eigenvalue weighted by molar-refractivity contribution is 5.55. The number of nitro groups is 1. The van der Waals surface area contributed by atoms with E-state index in [2.05, 4.69) is 5.32 Å². The van der Waals surface area contributed by atoms with E-state index >= 15 is 0 Å². The van der Waals surface area contributed by atoms with E-state index in [9.17, 15) is 29.8 Å². The molecule has 0 aliphatic carbocycles. The molecular weight excluding hydrogens is 283 g/mol. The predicted molar refractivity (Wildman–Crippen MR) is 71.8 cm³/mol. The maximum atomic E-state index is 13.4. The monoisotopic (exact) mass is 294 g/mol. The number of benzene rings is 2. The van der Waals surface area contributed by atoms with Crippen LogP contribution in [0.1, 0.15) is 5.56 Å². The first-order valence-corrected chi connectivity index (χ1v) is 5.80. The Morgan fingerprint density at radius 2 is 1.86 bits per heavy atom. The van der Waals surface area contributed by atoms with Crippen LogP contribution in [0.4, 0.5) is 15.8 Å². The average molecular weight is 294 g/mol. The van der Waals surface area contributed by atoms with Gasteiger partial charge >= 0.3 is 5.69 Å². The molecule has 0 fully saturated rings. The van der Waals surface area contributed by atoms with E-state index in [4.69, 9.17) is 0 Å². The van der Waals surface area contributed by atoms with Gasteiger partial charge in [-0.05, 0) is 18.2 Å². The number of hydrogen-bond donors (Lipinski definition) is 4. The predicted octanol–water partition coefficient (Wildman–Crippen LogP) is 2.46. The van der Waals surface area contributed by atoms with Crippen LogP contribution in [0, 0.1) is 15.9 Å². The summed E-state index contributed by atoms with van der Waals surface area (Å²) >= 11 is 0. The zero-order valence-electron chi connectivity index (χ0n) is 10.6. The summed E-state index contributed by atoms with van der Waals surface area (Å²) in [5.41, 5.74) is -0.0974. The topological polar surface area (TPSA) is 116 Å². The molecule has 0 bridgehead atoms. The van der Waals surface area contributed by atoms with Gasteiger partial charge in [0.25, 0.3) is 0 Å². The standard InChI is InChI=1S/C13H11FN2O5/c14-9-5-8(2-3-10(9)16(20)21)15-6-7-1-4-11(17)13(19)12(7)18/h1-5,15,17-19H,6H2. The van der Waals surface area contributed by atoms with Crippen LogP contribution in [0.5, 0.6) is 17.2 Å². The van der Waals surface area contributed by atoms with Crippen LogP contribution in [0.25, 0.3) is 0 Å². The van der Waals surface area contributed by atoms with E-state index < -0.39 is 33.7 Å². The van der Waals surface area contributed by atoms with Gasteiger partial charge in [-0.1, -0.05) is 0 Å². The van der Waals surface area contributed by atoms with Crippen LogP contribution in [0.15, 0.2) is 30.3 Å². The highest BCUT2D eigenvalue weighted by Crippen LogP contribution is 2.37. The largest absolute Gasteiger partial charge is 0.504 e. The van der Waals surface area contributed by atoms with Gasteiger partial charge in [0, 0.05) is 29.9 Å². The second kappa shape index (κ2) is 5.53. The highest BCUT2D eigenvalue weighted by Gasteiger charge is 2.14. The quantitative estimate of drug-likeness (QED) is 0.391. The molecule has 4 N–H and O–H groups in total. The summed E-state index contributed by atoms with van der Waals surface area (Å²) < 4.78 is 13.4. The molecule has 0 aliphatic heterocycles. The van der Waals surface area contributed by atoms with Crippen molar-refractivity contribution in [1.29, 1.82) is 0 Å². The molecule has 2 rings (SSSR count). The zero-order valence-corrected chi connectivity index (χ0v) is 10.6. The van der Waals surface area contributed by atoms with E-state index in [1.165, 1.54) is 18.2 Å². The molecule has 7 nitrogen and oxygen atoms in total. The van der Waals surface area contributed by atoms with Crippen LogP contribution in [-0.2, 0) is 6.54 Å².